The lowest BCUT2D eigenvalue weighted by molar-refractivity contribution is -0.143. The molecule has 32 heavy (non-hydrogen) atoms. The lowest BCUT2D eigenvalue weighted by atomic mass is 9.96. The molecule has 3 N–H and O–H groups in total. The highest BCUT2D eigenvalue weighted by molar-refractivity contribution is 5.92. The summed E-state index contributed by atoms with van der Waals surface area (Å²) in [6.07, 6.45) is -0.219. The monoisotopic (exact) mass is 449 g/mol. The van der Waals surface area contributed by atoms with Gasteiger partial charge in [-0.15, -0.1) is 0 Å². The third-order valence-electron chi connectivity index (χ3n) is 4.63. The number of benzene rings is 1. The molecule has 0 aromatic heterocycles. The first kappa shape index (κ1) is 27.4. The Morgan fingerprint density at radius 3 is 2.22 bits per heavy atom. The molecule has 0 fully saturated rings. The van der Waals surface area contributed by atoms with Crippen LogP contribution in [0.2, 0.25) is 0 Å². The molecular formula is C24H39N3O5. The van der Waals surface area contributed by atoms with Gasteiger partial charge in [0.25, 0.3) is 0 Å². The van der Waals surface area contributed by atoms with E-state index in [1.807, 2.05) is 52.8 Å². The van der Waals surface area contributed by atoms with Crippen LogP contribution in [-0.2, 0) is 14.3 Å². The van der Waals surface area contributed by atoms with Crippen molar-refractivity contribution in [1.29, 1.82) is 0 Å². The van der Waals surface area contributed by atoms with Gasteiger partial charge < -0.3 is 25.4 Å². The summed E-state index contributed by atoms with van der Waals surface area (Å²) >= 11 is 0. The Hall–Kier alpha value is -2.61. The normalized spacial score (nSPS) is 13.3. The van der Waals surface area contributed by atoms with Gasteiger partial charge >= 0.3 is 6.09 Å². The fourth-order valence-corrected chi connectivity index (χ4v) is 3.39. The van der Waals surface area contributed by atoms with Crippen LogP contribution in [0.1, 0.15) is 70.7 Å². The van der Waals surface area contributed by atoms with Crippen molar-refractivity contribution in [1.82, 2.24) is 15.5 Å². The third kappa shape index (κ3) is 8.15. The Bertz CT molecular complexity index is 801. The number of carbonyl (C=O) groups is 3. The Labute approximate surface area is 191 Å². The summed E-state index contributed by atoms with van der Waals surface area (Å²) in [5.41, 5.74) is 1.87. The molecule has 2 unspecified atom stereocenters. The second-order valence-corrected chi connectivity index (χ2v) is 9.34. The number of nitrogens with zero attached hydrogens (tertiary/aromatic N) is 1. The number of aliphatic hydroxyl groups excluding tert-OH is 1. The van der Waals surface area contributed by atoms with Crippen LogP contribution in [0.5, 0.6) is 0 Å². The van der Waals surface area contributed by atoms with E-state index in [-0.39, 0.29) is 18.5 Å². The fourth-order valence-electron chi connectivity index (χ4n) is 3.39. The number of rotatable bonds is 9. The molecule has 0 aliphatic carbocycles. The Morgan fingerprint density at radius 1 is 1.12 bits per heavy atom. The van der Waals surface area contributed by atoms with Gasteiger partial charge in [0, 0.05) is 12.6 Å². The first-order valence-corrected chi connectivity index (χ1v) is 11.1. The lowest BCUT2D eigenvalue weighted by Gasteiger charge is -2.35. The summed E-state index contributed by atoms with van der Waals surface area (Å²) in [4.78, 5) is 40.4. The zero-order valence-corrected chi connectivity index (χ0v) is 20.6. The lowest BCUT2D eigenvalue weighted by Crippen LogP contribution is -2.55. The van der Waals surface area contributed by atoms with Crippen molar-refractivity contribution in [3.05, 3.63) is 34.9 Å². The van der Waals surface area contributed by atoms with Gasteiger partial charge in [0.1, 0.15) is 17.7 Å². The molecule has 1 aromatic carbocycles. The molecular weight excluding hydrogens is 410 g/mol. The highest BCUT2D eigenvalue weighted by Crippen LogP contribution is 2.27. The van der Waals surface area contributed by atoms with Gasteiger partial charge in [-0.25, -0.2) is 4.79 Å². The molecule has 0 saturated carbocycles. The van der Waals surface area contributed by atoms with Gasteiger partial charge in [-0.2, -0.15) is 0 Å². The molecule has 8 heteroatoms. The van der Waals surface area contributed by atoms with Crippen LogP contribution < -0.4 is 10.6 Å². The zero-order chi connectivity index (χ0) is 24.6. The van der Waals surface area contributed by atoms with Crippen LogP contribution in [0, 0.1) is 13.8 Å². The average Bonchev–Trinajstić information content (AvgIpc) is 2.64. The maximum Gasteiger partial charge on any atom is 0.408 e. The SMILES string of the molecule is CCCN(C(=O)C(CO)NC(=O)OC(C)(C)C)C(C(=O)NC(C)C)c1ccc(C)cc1C. The third-order valence-corrected chi connectivity index (χ3v) is 4.63. The van der Waals surface area contributed by atoms with Crippen molar-refractivity contribution in [3.63, 3.8) is 0 Å². The summed E-state index contributed by atoms with van der Waals surface area (Å²) in [5.74, 6) is -0.869. The first-order valence-electron chi connectivity index (χ1n) is 11.1. The Balaban J connectivity index is 3.37. The molecule has 0 aliphatic rings. The van der Waals surface area contributed by atoms with Gasteiger partial charge in [0.05, 0.1) is 6.61 Å². The minimum absolute atomic E-state index is 0.122. The Kier molecular flexibility index (Phi) is 10.2. The largest absolute Gasteiger partial charge is 0.444 e. The smallest absolute Gasteiger partial charge is 0.408 e. The fraction of sp³-hybridized carbons (Fsp3) is 0.625. The first-order chi connectivity index (χ1) is 14.8. The van der Waals surface area contributed by atoms with Gasteiger partial charge in [-0.05, 0) is 66.0 Å². The van der Waals surface area contributed by atoms with E-state index < -0.39 is 36.3 Å². The van der Waals surface area contributed by atoms with E-state index in [2.05, 4.69) is 10.6 Å². The second-order valence-electron chi connectivity index (χ2n) is 9.34. The van der Waals surface area contributed by atoms with Crippen LogP contribution in [0.15, 0.2) is 18.2 Å². The maximum absolute atomic E-state index is 13.5. The van der Waals surface area contributed by atoms with Gasteiger partial charge in [0.15, 0.2) is 0 Å². The molecule has 180 valence electrons. The predicted octanol–water partition coefficient (Wildman–Crippen LogP) is 2.99. The van der Waals surface area contributed by atoms with Crippen molar-refractivity contribution in [2.45, 2.75) is 85.5 Å². The number of alkyl carbamates (subject to hydrolysis) is 1. The molecule has 0 heterocycles. The van der Waals surface area contributed by atoms with E-state index in [0.717, 1.165) is 11.1 Å². The molecule has 0 spiro atoms. The number of nitrogens with one attached hydrogen (secondary N) is 2. The van der Waals surface area contributed by atoms with Crippen LogP contribution in [0.4, 0.5) is 4.79 Å². The second kappa shape index (κ2) is 11.9. The predicted molar refractivity (Wildman–Crippen MR) is 124 cm³/mol. The molecule has 0 aliphatic heterocycles. The summed E-state index contributed by atoms with van der Waals surface area (Å²) < 4.78 is 5.23. The van der Waals surface area contributed by atoms with Crippen molar-refractivity contribution in [2.24, 2.45) is 0 Å². The van der Waals surface area contributed by atoms with Gasteiger partial charge in [0.2, 0.25) is 11.8 Å². The number of carbonyl (C=O) groups excluding carboxylic acids is 3. The quantitative estimate of drug-likeness (QED) is 0.537. The molecule has 0 bridgehead atoms. The van der Waals surface area contributed by atoms with Crippen molar-refractivity contribution in [3.8, 4) is 0 Å². The number of aryl methyl sites for hydroxylation is 2. The van der Waals surface area contributed by atoms with Gasteiger partial charge in [-0.1, -0.05) is 30.7 Å². The number of aliphatic hydroxyl groups is 1. The Morgan fingerprint density at radius 2 is 1.75 bits per heavy atom. The van der Waals surface area contributed by atoms with E-state index in [1.54, 1.807) is 20.8 Å². The summed E-state index contributed by atoms with van der Waals surface area (Å²) in [5, 5.41) is 15.2. The minimum Gasteiger partial charge on any atom is -0.444 e. The molecule has 0 radical (unpaired) electrons. The standard InChI is InChI=1S/C24H39N3O5/c1-9-12-27(22(30)19(14-28)26-23(31)32-24(6,7)8)20(21(29)25-15(2)3)18-11-10-16(4)13-17(18)5/h10-11,13,15,19-20,28H,9,12,14H2,1-8H3,(H,25,29)(H,26,31). The number of ether oxygens (including phenoxy) is 1. The van der Waals surface area contributed by atoms with E-state index in [0.29, 0.717) is 12.0 Å². The number of hydrogen-bond donors (Lipinski definition) is 3. The molecule has 1 aromatic rings. The van der Waals surface area contributed by atoms with Crippen molar-refractivity contribution < 1.29 is 24.2 Å². The minimum atomic E-state index is -1.24. The van der Waals surface area contributed by atoms with E-state index >= 15 is 0 Å². The molecule has 3 amide bonds. The molecule has 8 nitrogen and oxygen atoms in total. The van der Waals surface area contributed by atoms with E-state index in [4.69, 9.17) is 4.74 Å². The van der Waals surface area contributed by atoms with Crippen LogP contribution >= 0.6 is 0 Å². The van der Waals surface area contributed by atoms with E-state index in [1.165, 1.54) is 4.90 Å². The molecule has 1 rings (SSSR count). The topological polar surface area (TPSA) is 108 Å². The maximum atomic E-state index is 13.5. The summed E-state index contributed by atoms with van der Waals surface area (Å²) in [6.45, 7) is 14.2. The molecule has 2 atom stereocenters. The van der Waals surface area contributed by atoms with Crippen LogP contribution in [0.3, 0.4) is 0 Å². The van der Waals surface area contributed by atoms with Crippen molar-refractivity contribution >= 4 is 17.9 Å². The average molecular weight is 450 g/mol. The van der Waals surface area contributed by atoms with Crippen molar-refractivity contribution in [2.75, 3.05) is 13.2 Å². The van der Waals surface area contributed by atoms with Crippen LogP contribution in [0.25, 0.3) is 0 Å². The highest BCUT2D eigenvalue weighted by Gasteiger charge is 2.36. The van der Waals surface area contributed by atoms with E-state index in [9.17, 15) is 19.5 Å². The number of hydrogen-bond acceptors (Lipinski definition) is 5. The zero-order valence-electron chi connectivity index (χ0n) is 20.6. The summed E-state index contributed by atoms with van der Waals surface area (Å²) in [7, 11) is 0. The number of amides is 3. The molecule has 0 saturated heterocycles. The van der Waals surface area contributed by atoms with Gasteiger partial charge in [-0.3, -0.25) is 9.59 Å². The van der Waals surface area contributed by atoms with Crippen LogP contribution in [-0.4, -0.2) is 58.8 Å². The highest BCUT2D eigenvalue weighted by atomic mass is 16.6. The summed E-state index contributed by atoms with van der Waals surface area (Å²) in [6, 6.07) is 3.44.